The molecule has 0 saturated carbocycles. The van der Waals surface area contributed by atoms with E-state index in [0.717, 1.165) is 70.3 Å². The van der Waals surface area contributed by atoms with Crippen molar-refractivity contribution in [1.82, 2.24) is 9.47 Å². The molecular formula is C29H35N3O. The number of para-hydroxylation sites is 1. The summed E-state index contributed by atoms with van der Waals surface area (Å²) in [5.41, 5.74) is 7.97. The summed E-state index contributed by atoms with van der Waals surface area (Å²) < 4.78 is 2.55. The van der Waals surface area contributed by atoms with Gasteiger partial charge in [-0.15, -0.1) is 0 Å². The molecule has 3 heterocycles. The van der Waals surface area contributed by atoms with E-state index in [1.54, 1.807) is 5.56 Å². The Balaban J connectivity index is 1.14. The van der Waals surface area contributed by atoms with Gasteiger partial charge in [0.15, 0.2) is 0 Å². The maximum atomic E-state index is 13.1. The van der Waals surface area contributed by atoms with Crippen LogP contribution in [0.25, 0.3) is 10.9 Å². The highest BCUT2D eigenvalue weighted by Gasteiger charge is 2.48. The molecule has 0 fully saturated rings. The lowest BCUT2D eigenvalue weighted by atomic mass is 9.68. The number of carbonyl (C=O) groups is 1. The van der Waals surface area contributed by atoms with E-state index in [1.165, 1.54) is 27.7 Å². The highest BCUT2D eigenvalue weighted by molar-refractivity contribution is 6.07. The fourth-order valence-corrected chi connectivity index (χ4v) is 6.96. The number of nitrogens with zero attached hydrogens (tertiary/aromatic N) is 2. The maximum Gasteiger partial charge on any atom is 0.235 e. The third-order valence-corrected chi connectivity index (χ3v) is 8.39. The van der Waals surface area contributed by atoms with Crippen molar-refractivity contribution in [1.29, 1.82) is 0 Å². The Morgan fingerprint density at radius 1 is 1.06 bits per heavy atom. The number of aryl methyl sites for hydroxylation is 1. The Morgan fingerprint density at radius 2 is 1.94 bits per heavy atom. The largest absolute Gasteiger partial charge is 0.341 e. The number of aromatic nitrogens is 1. The third kappa shape index (κ3) is 3.25. The van der Waals surface area contributed by atoms with Gasteiger partial charge in [-0.2, -0.15) is 0 Å². The van der Waals surface area contributed by atoms with Crippen LogP contribution in [0.5, 0.6) is 0 Å². The Labute approximate surface area is 197 Å². The van der Waals surface area contributed by atoms with E-state index in [4.69, 9.17) is 0 Å². The molecule has 172 valence electrons. The smallest absolute Gasteiger partial charge is 0.235 e. The maximum absolute atomic E-state index is 13.1. The number of nitrogens with one attached hydrogen (secondary N) is 1. The molecule has 1 aliphatic carbocycles. The van der Waals surface area contributed by atoms with E-state index >= 15 is 0 Å². The Kier molecular flexibility index (Phi) is 5.10. The van der Waals surface area contributed by atoms with Crippen LogP contribution in [0.1, 0.15) is 74.4 Å². The number of benzene rings is 2. The molecule has 1 unspecified atom stereocenters. The number of carbonyl (C=O) groups excluding carboxylic acids is 1. The van der Waals surface area contributed by atoms with Gasteiger partial charge in [0.1, 0.15) is 0 Å². The third-order valence-electron chi connectivity index (χ3n) is 8.39. The lowest BCUT2D eigenvalue weighted by molar-refractivity contribution is -0.121. The Morgan fingerprint density at radius 3 is 2.82 bits per heavy atom. The van der Waals surface area contributed by atoms with Gasteiger partial charge < -0.3 is 9.88 Å². The standard InChI is InChI=1S/C29H35N3O/c1-20(2)32-25-13-4-3-11-22(25)23-14-18-31(19-26(23)32)17-6-5-15-29-16-8-10-21-9-7-12-24(27(21)29)30-28(29)33/h3-4,7,9,11-13,20H,5-6,8,10,14-19H2,1-2H3,(H,30,33). The molecule has 33 heavy (non-hydrogen) atoms. The van der Waals surface area contributed by atoms with Crippen molar-refractivity contribution in [3.8, 4) is 0 Å². The second-order valence-electron chi connectivity index (χ2n) is 10.6. The Hall–Kier alpha value is -2.59. The summed E-state index contributed by atoms with van der Waals surface area (Å²) in [4.78, 5) is 15.7. The van der Waals surface area contributed by atoms with E-state index in [2.05, 4.69) is 71.1 Å². The van der Waals surface area contributed by atoms with Crippen molar-refractivity contribution in [3.05, 3.63) is 64.8 Å². The molecule has 4 heteroatoms. The molecule has 1 N–H and O–H groups in total. The summed E-state index contributed by atoms with van der Waals surface area (Å²) in [6, 6.07) is 15.8. The lowest BCUT2D eigenvalue weighted by Crippen LogP contribution is -2.37. The molecule has 1 amide bonds. The second-order valence-corrected chi connectivity index (χ2v) is 10.6. The first-order valence-electron chi connectivity index (χ1n) is 12.9. The van der Waals surface area contributed by atoms with Gasteiger partial charge in [0, 0.05) is 41.4 Å². The molecule has 0 radical (unpaired) electrons. The number of rotatable bonds is 6. The fraction of sp³-hybridized carbons (Fsp3) is 0.483. The van der Waals surface area contributed by atoms with Gasteiger partial charge in [0.05, 0.1) is 5.41 Å². The number of hydrogen-bond donors (Lipinski definition) is 1. The van der Waals surface area contributed by atoms with E-state index in [9.17, 15) is 4.79 Å². The highest BCUT2D eigenvalue weighted by atomic mass is 16.2. The summed E-state index contributed by atoms with van der Waals surface area (Å²) in [5, 5.41) is 4.64. The van der Waals surface area contributed by atoms with Gasteiger partial charge >= 0.3 is 0 Å². The molecule has 1 aromatic heterocycles. The quantitative estimate of drug-likeness (QED) is 0.478. The average Bonchev–Trinajstić information content (AvgIpc) is 3.30. The zero-order valence-corrected chi connectivity index (χ0v) is 20.0. The normalized spacial score (nSPS) is 22.0. The molecule has 2 aromatic carbocycles. The molecular weight excluding hydrogens is 406 g/mol. The molecule has 4 nitrogen and oxygen atoms in total. The predicted octanol–water partition coefficient (Wildman–Crippen LogP) is 5.98. The van der Waals surface area contributed by atoms with E-state index < -0.39 is 0 Å². The minimum atomic E-state index is -0.274. The summed E-state index contributed by atoms with van der Waals surface area (Å²) in [6.45, 7) is 7.89. The summed E-state index contributed by atoms with van der Waals surface area (Å²) in [5.74, 6) is 0.244. The monoisotopic (exact) mass is 441 g/mol. The first-order valence-corrected chi connectivity index (χ1v) is 12.9. The van der Waals surface area contributed by atoms with Crippen LogP contribution in [-0.2, 0) is 29.6 Å². The van der Waals surface area contributed by atoms with Crippen molar-refractivity contribution in [2.75, 3.05) is 18.4 Å². The van der Waals surface area contributed by atoms with Crippen LogP contribution in [0.2, 0.25) is 0 Å². The number of amides is 1. The number of unbranched alkanes of at least 4 members (excludes halogenated alkanes) is 1. The number of anilines is 1. The van der Waals surface area contributed by atoms with Crippen molar-refractivity contribution >= 4 is 22.5 Å². The van der Waals surface area contributed by atoms with Crippen LogP contribution in [0, 0.1) is 0 Å². The highest BCUT2D eigenvalue weighted by Crippen LogP contribution is 2.49. The zero-order chi connectivity index (χ0) is 22.6. The molecule has 0 spiro atoms. The second kappa shape index (κ2) is 8.02. The molecule has 0 bridgehead atoms. The molecule has 0 saturated heterocycles. The minimum Gasteiger partial charge on any atom is -0.341 e. The van der Waals surface area contributed by atoms with E-state index in [-0.39, 0.29) is 11.3 Å². The number of fused-ring (bicyclic) bond motifs is 3. The van der Waals surface area contributed by atoms with Gasteiger partial charge in [0.25, 0.3) is 0 Å². The van der Waals surface area contributed by atoms with Gasteiger partial charge in [0.2, 0.25) is 5.91 Å². The van der Waals surface area contributed by atoms with Gasteiger partial charge in [-0.3, -0.25) is 9.69 Å². The van der Waals surface area contributed by atoms with Crippen molar-refractivity contribution in [2.45, 2.75) is 76.8 Å². The lowest BCUT2D eigenvalue weighted by Gasteiger charge is -2.34. The summed E-state index contributed by atoms with van der Waals surface area (Å²) >= 11 is 0. The van der Waals surface area contributed by atoms with Crippen molar-refractivity contribution in [2.24, 2.45) is 0 Å². The van der Waals surface area contributed by atoms with Crippen molar-refractivity contribution in [3.63, 3.8) is 0 Å². The van der Waals surface area contributed by atoms with Gasteiger partial charge in [-0.05, 0) is 87.7 Å². The first kappa shape index (κ1) is 21.0. The SMILES string of the molecule is CC(C)n1c2c(c3ccccc31)CCN(CCCCC13CCCc4cccc(c41)NC3=O)C2. The summed E-state index contributed by atoms with van der Waals surface area (Å²) in [6.07, 6.45) is 7.62. The topological polar surface area (TPSA) is 37.3 Å². The van der Waals surface area contributed by atoms with Crippen LogP contribution >= 0.6 is 0 Å². The average molecular weight is 442 g/mol. The molecule has 3 aliphatic rings. The predicted molar refractivity (Wildman–Crippen MR) is 135 cm³/mol. The van der Waals surface area contributed by atoms with Gasteiger partial charge in [-0.1, -0.05) is 36.8 Å². The molecule has 1 atom stereocenters. The van der Waals surface area contributed by atoms with Crippen LogP contribution < -0.4 is 5.32 Å². The zero-order valence-electron chi connectivity index (χ0n) is 20.0. The summed E-state index contributed by atoms with van der Waals surface area (Å²) in [7, 11) is 0. The molecule has 2 aliphatic heterocycles. The molecule has 6 rings (SSSR count). The Bertz CT molecular complexity index is 1220. The van der Waals surface area contributed by atoms with Crippen LogP contribution in [0.15, 0.2) is 42.5 Å². The first-order chi connectivity index (χ1) is 16.1. The van der Waals surface area contributed by atoms with Crippen molar-refractivity contribution < 1.29 is 4.79 Å². The van der Waals surface area contributed by atoms with Crippen LogP contribution in [-0.4, -0.2) is 28.5 Å². The van der Waals surface area contributed by atoms with E-state index in [0.29, 0.717) is 6.04 Å². The fourth-order valence-electron chi connectivity index (χ4n) is 6.96. The van der Waals surface area contributed by atoms with E-state index in [1.807, 2.05) is 0 Å². The van der Waals surface area contributed by atoms with Gasteiger partial charge in [-0.25, -0.2) is 0 Å². The minimum absolute atomic E-state index is 0.244. The van der Waals surface area contributed by atoms with Crippen LogP contribution in [0.4, 0.5) is 5.69 Å². The number of hydrogen-bond acceptors (Lipinski definition) is 2. The van der Waals surface area contributed by atoms with Crippen LogP contribution in [0.3, 0.4) is 0 Å². The molecule has 3 aromatic rings.